The molecule has 2 aliphatic heterocycles. The number of amides is 2. The number of anilines is 1. The van der Waals surface area contributed by atoms with Crippen molar-refractivity contribution in [2.45, 2.75) is 41.0 Å². The molecule has 2 aromatic carbocycles. The predicted molar refractivity (Wildman–Crippen MR) is 130 cm³/mol. The molecule has 0 aromatic heterocycles. The molecule has 2 aliphatic rings. The Labute approximate surface area is 191 Å². The van der Waals surface area contributed by atoms with Crippen molar-refractivity contribution in [2.75, 3.05) is 37.6 Å². The van der Waals surface area contributed by atoms with Crippen LogP contribution in [0.15, 0.2) is 42.1 Å². The van der Waals surface area contributed by atoms with Crippen LogP contribution in [-0.4, -0.2) is 54.3 Å². The van der Waals surface area contributed by atoms with Gasteiger partial charge in [-0.15, -0.1) is 0 Å². The van der Waals surface area contributed by atoms with Gasteiger partial charge in [0.15, 0.2) is 0 Å². The smallest absolute Gasteiger partial charge is 0.277 e. The highest BCUT2D eigenvalue weighted by molar-refractivity contribution is 6.35. The van der Waals surface area contributed by atoms with Crippen LogP contribution >= 0.6 is 0 Å². The fraction of sp³-hybridized carbons (Fsp3) is 0.407. The molecule has 2 aromatic rings. The Hall–Kier alpha value is -3.08. The minimum atomic E-state index is -0.160. The number of rotatable bonds is 5. The zero-order valence-electron chi connectivity index (χ0n) is 19.9. The van der Waals surface area contributed by atoms with E-state index in [4.69, 9.17) is 0 Å². The number of imide groups is 1. The fourth-order valence-electron chi connectivity index (χ4n) is 4.69. The highest BCUT2D eigenvalue weighted by Gasteiger charge is 2.41. The molecule has 1 fully saturated rings. The summed E-state index contributed by atoms with van der Waals surface area (Å²) in [6.07, 6.45) is 0.755. The van der Waals surface area contributed by atoms with Crippen LogP contribution in [0.4, 0.5) is 5.69 Å². The molecule has 0 radical (unpaired) electrons. The standard InChI is InChI=1S/C27H33N3O2/c1-6-12-30-26(31)24(22-11-10-18(2)20(4)17-22)25(27(30)32)29-15-13-28(14-16-29)23-9-7-8-19(3)21(23)5/h7-11,17H,6,12-16H2,1-5H3. The number of aryl methyl sites for hydroxylation is 3. The number of piperazine rings is 1. The Balaban J connectivity index is 1.66. The van der Waals surface area contributed by atoms with E-state index in [0.29, 0.717) is 17.8 Å². The third-order valence-electron chi connectivity index (χ3n) is 6.90. The maximum Gasteiger partial charge on any atom is 0.277 e. The van der Waals surface area contributed by atoms with Gasteiger partial charge in [0.05, 0.1) is 5.57 Å². The van der Waals surface area contributed by atoms with E-state index in [2.05, 4.69) is 48.8 Å². The average Bonchev–Trinajstić information content (AvgIpc) is 3.03. The van der Waals surface area contributed by atoms with Gasteiger partial charge in [0.2, 0.25) is 0 Å². The van der Waals surface area contributed by atoms with Gasteiger partial charge in [0.25, 0.3) is 11.8 Å². The van der Waals surface area contributed by atoms with Gasteiger partial charge in [0, 0.05) is 38.4 Å². The molecule has 2 amide bonds. The van der Waals surface area contributed by atoms with Crippen molar-refractivity contribution in [3.63, 3.8) is 0 Å². The lowest BCUT2D eigenvalue weighted by molar-refractivity contribution is -0.137. The van der Waals surface area contributed by atoms with Crippen molar-refractivity contribution >= 4 is 23.1 Å². The van der Waals surface area contributed by atoms with E-state index in [1.54, 1.807) is 0 Å². The lowest BCUT2D eigenvalue weighted by atomic mass is 9.99. The highest BCUT2D eigenvalue weighted by Crippen LogP contribution is 2.34. The maximum absolute atomic E-state index is 13.4. The second-order valence-corrected chi connectivity index (χ2v) is 8.98. The van der Waals surface area contributed by atoms with Gasteiger partial charge >= 0.3 is 0 Å². The summed E-state index contributed by atoms with van der Waals surface area (Å²) in [4.78, 5) is 32.7. The van der Waals surface area contributed by atoms with Crippen LogP contribution in [0.3, 0.4) is 0 Å². The number of benzene rings is 2. The molecular formula is C27H33N3O2. The molecule has 0 aliphatic carbocycles. The molecule has 5 heteroatoms. The maximum atomic E-state index is 13.4. The summed E-state index contributed by atoms with van der Waals surface area (Å²) in [6, 6.07) is 12.5. The molecule has 32 heavy (non-hydrogen) atoms. The van der Waals surface area contributed by atoms with E-state index in [9.17, 15) is 9.59 Å². The van der Waals surface area contributed by atoms with Crippen LogP contribution in [0, 0.1) is 27.7 Å². The van der Waals surface area contributed by atoms with Gasteiger partial charge in [-0.05, 0) is 68.0 Å². The van der Waals surface area contributed by atoms with E-state index in [-0.39, 0.29) is 11.8 Å². The number of nitrogens with zero attached hydrogens (tertiary/aromatic N) is 3. The Bertz CT molecular complexity index is 1090. The van der Waals surface area contributed by atoms with Crippen molar-refractivity contribution < 1.29 is 9.59 Å². The van der Waals surface area contributed by atoms with Gasteiger partial charge < -0.3 is 9.80 Å². The first-order valence-corrected chi connectivity index (χ1v) is 11.6. The van der Waals surface area contributed by atoms with Gasteiger partial charge in [0.1, 0.15) is 5.70 Å². The minimum absolute atomic E-state index is 0.148. The normalized spacial score (nSPS) is 17.1. The first-order chi connectivity index (χ1) is 15.3. The Morgan fingerprint density at radius 3 is 2.12 bits per heavy atom. The Kier molecular flexibility index (Phi) is 6.09. The summed E-state index contributed by atoms with van der Waals surface area (Å²) >= 11 is 0. The van der Waals surface area contributed by atoms with E-state index in [1.807, 2.05) is 32.0 Å². The summed E-state index contributed by atoms with van der Waals surface area (Å²) < 4.78 is 0. The van der Waals surface area contributed by atoms with E-state index in [0.717, 1.165) is 43.7 Å². The van der Waals surface area contributed by atoms with Gasteiger partial charge in [-0.25, -0.2) is 0 Å². The molecule has 5 nitrogen and oxygen atoms in total. The molecule has 168 valence electrons. The molecule has 0 bridgehead atoms. The lowest BCUT2D eigenvalue weighted by Gasteiger charge is -2.38. The molecular weight excluding hydrogens is 398 g/mol. The third-order valence-corrected chi connectivity index (χ3v) is 6.90. The van der Waals surface area contributed by atoms with Gasteiger partial charge in [-0.2, -0.15) is 0 Å². The molecule has 0 spiro atoms. The molecule has 0 unspecified atom stereocenters. The van der Waals surface area contributed by atoms with Crippen LogP contribution in [0.1, 0.15) is 41.2 Å². The fourth-order valence-corrected chi connectivity index (χ4v) is 4.69. The quantitative estimate of drug-likeness (QED) is 0.665. The Morgan fingerprint density at radius 2 is 1.47 bits per heavy atom. The monoisotopic (exact) mass is 431 g/mol. The summed E-state index contributed by atoms with van der Waals surface area (Å²) in [7, 11) is 0. The van der Waals surface area contributed by atoms with E-state index in [1.165, 1.54) is 27.3 Å². The van der Waals surface area contributed by atoms with Crippen molar-refractivity contribution in [1.82, 2.24) is 9.80 Å². The van der Waals surface area contributed by atoms with Crippen LogP contribution in [0.5, 0.6) is 0 Å². The average molecular weight is 432 g/mol. The van der Waals surface area contributed by atoms with E-state index >= 15 is 0 Å². The molecule has 4 rings (SSSR count). The zero-order valence-corrected chi connectivity index (χ0v) is 19.9. The second-order valence-electron chi connectivity index (χ2n) is 8.98. The van der Waals surface area contributed by atoms with Crippen LogP contribution in [0.25, 0.3) is 5.57 Å². The van der Waals surface area contributed by atoms with Gasteiger partial charge in [-0.1, -0.05) is 37.3 Å². The van der Waals surface area contributed by atoms with Crippen molar-refractivity contribution in [3.05, 3.63) is 69.9 Å². The summed E-state index contributed by atoms with van der Waals surface area (Å²) in [5.41, 5.74) is 8.14. The van der Waals surface area contributed by atoms with Crippen LogP contribution in [0.2, 0.25) is 0 Å². The topological polar surface area (TPSA) is 43.9 Å². The lowest BCUT2D eigenvalue weighted by Crippen LogP contribution is -2.48. The number of hydrogen-bond donors (Lipinski definition) is 0. The second kappa shape index (κ2) is 8.81. The largest absolute Gasteiger partial charge is 0.368 e. The molecule has 2 heterocycles. The molecule has 0 atom stereocenters. The van der Waals surface area contributed by atoms with E-state index < -0.39 is 0 Å². The summed E-state index contributed by atoms with van der Waals surface area (Å²) in [5.74, 6) is -0.308. The molecule has 1 saturated heterocycles. The van der Waals surface area contributed by atoms with Crippen molar-refractivity contribution in [2.24, 2.45) is 0 Å². The zero-order chi connectivity index (χ0) is 23.0. The molecule has 0 N–H and O–H groups in total. The van der Waals surface area contributed by atoms with Gasteiger partial charge in [-0.3, -0.25) is 14.5 Å². The SMILES string of the molecule is CCCN1C(=O)C(c2ccc(C)c(C)c2)=C(N2CCN(c3cccc(C)c3C)CC2)C1=O. The third kappa shape index (κ3) is 3.81. The van der Waals surface area contributed by atoms with Crippen molar-refractivity contribution in [1.29, 1.82) is 0 Å². The van der Waals surface area contributed by atoms with Crippen LogP contribution < -0.4 is 4.90 Å². The highest BCUT2D eigenvalue weighted by atomic mass is 16.2. The summed E-state index contributed by atoms with van der Waals surface area (Å²) in [5, 5.41) is 0. The number of hydrogen-bond acceptors (Lipinski definition) is 4. The minimum Gasteiger partial charge on any atom is -0.368 e. The Morgan fingerprint density at radius 1 is 0.781 bits per heavy atom. The molecule has 0 saturated carbocycles. The predicted octanol–water partition coefficient (Wildman–Crippen LogP) is 4.23. The van der Waals surface area contributed by atoms with Crippen molar-refractivity contribution in [3.8, 4) is 0 Å². The van der Waals surface area contributed by atoms with Crippen LogP contribution in [-0.2, 0) is 9.59 Å². The first-order valence-electron chi connectivity index (χ1n) is 11.6. The summed E-state index contributed by atoms with van der Waals surface area (Å²) in [6.45, 7) is 14.0. The number of carbonyl (C=O) groups excluding carboxylic acids is 2. The number of carbonyl (C=O) groups is 2. The first kappa shape index (κ1) is 22.1.